The van der Waals surface area contributed by atoms with Crippen molar-refractivity contribution in [2.24, 2.45) is 0 Å². The van der Waals surface area contributed by atoms with E-state index in [9.17, 15) is 0 Å². The minimum atomic E-state index is -2.21. The molecule has 0 fully saturated rings. The van der Waals surface area contributed by atoms with Crippen LogP contribution >= 0.6 is 0 Å². The van der Waals surface area contributed by atoms with Gasteiger partial charge < -0.3 is 0 Å². The second-order valence-corrected chi connectivity index (χ2v) is 17.8. The van der Waals surface area contributed by atoms with Crippen LogP contribution < -0.4 is 4.40 Å². The molecule has 0 saturated heterocycles. The van der Waals surface area contributed by atoms with Gasteiger partial charge in [-0.1, -0.05) is 0 Å². The van der Waals surface area contributed by atoms with Crippen molar-refractivity contribution in [2.75, 3.05) is 0 Å². The fraction of sp³-hybridized carbons (Fsp3) is 0.190. The molecule has 2 aromatic carbocycles. The summed E-state index contributed by atoms with van der Waals surface area (Å²) in [5.41, 5.74) is 3.20. The van der Waals surface area contributed by atoms with Gasteiger partial charge in [-0.15, -0.1) is 0 Å². The third kappa shape index (κ3) is 2.46. The first-order valence-electron chi connectivity index (χ1n) is 9.58. The van der Waals surface area contributed by atoms with Crippen molar-refractivity contribution in [1.29, 1.82) is 0 Å². The molecule has 0 spiro atoms. The number of hydrogen-bond acceptors (Lipinski definition) is 2. The maximum absolute atomic E-state index is 7.92. The van der Waals surface area contributed by atoms with E-state index in [1.54, 1.807) is 6.07 Å². The topological polar surface area (TPSA) is 26.0 Å². The van der Waals surface area contributed by atoms with Gasteiger partial charge in [0.15, 0.2) is 0 Å². The van der Waals surface area contributed by atoms with E-state index < -0.39 is 20.1 Å². The first-order chi connectivity index (χ1) is 12.7. The summed E-state index contributed by atoms with van der Waals surface area (Å²) in [5.74, 6) is 7.00. The monoisotopic (exact) mass is 380 g/mol. The predicted molar refractivity (Wildman–Crippen MR) is 105 cm³/mol. The number of para-hydroxylation sites is 1. The van der Waals surface area contributed by atoms with Gasteiger partial charge >= 0.3 is 149 Å². The summed E-state index contributed by atoms with van der Waals surface area (Å²) in [7, 11) is 0. The van der Waals surface area contributed by atoms with E-state index in [-0.39, 0.29) is 0 Å². The Balaban J connectivity index is 2.00. The van der Waals surface area contributed by atoms with Gasteiger partial charge in [-0.2, -0.15) is 0 Å². The summed E-state index contributed by atoms with van der Waals surface area (Å²) >= 11 is -1.94. The van der Waals surface area contributed by atoms with Crippen molar-refractivity contribution in [1.82, 2.24) is 4.98 Å². The molecule has 2 aromatic heterocycles. The normalized spacial score (nSPS) is 14.5. The van der Waals surface area contributed by atoms with Crippen molar-refractivity contribution >= 4 is 39.6 Å². The van der Waals surface area contributed by atoms with E-state index in [4.69, 9.17) is 8.53 Å². The van der Waals surface area contributed by atoms with Crippen LogP contribution in [0, 0.1) is 6.85 Å². The molecule has 0 aliphatic heterocycles. The summed E-state index contributed by atoms with van der Waals surface area (Å²) in [6.45, 7) is -2.21. The Hall–Kier alpha value is -2.07. The molecule has 0 radical (unpaired) electrons. The van der Waals surface area contributed by atoms with E-state index in [0.29, 0.717) is 22.1 Å². The zero-order valence-electron chi connectivity index (χ0n) is 17.1. The third-order valence-electron chi connectivity index (χ3n) is 4.43. The molecule has 4 rings (SSSR count). The van der Waals surface area contributed by atoms with Gasteiger partial charge in [0.05, 0.1) is 0 Å². The molecule has 0 aliphatic rings. The standard InChI is InChI=1S/C21H21GeNO/c1-14-9-11-16(18-12-10-15(13-23-18)22(2,3)4)21-20(14)17-7-5-6-8-19(17)24-21/h5-13H,1-4H3/i1D3. The van der Waals surface area contributed by atoms with Crippen LogP contribution in [0.25, 0.3) is 33.2 Å². The molecular formula is C21H21GeNO. The second kappa shape index (κ2) is 5.49. The number of hydrogen-bond donors (Lipinski definition) is 0. The molecule has 0 N–H and O–H groups in total. The van der Waals surface area contributed by atoms with Crippen molar-refractivity contribution in [3.05, 3.63) is 60.3 Å². The summed E-state index contributed by atoms with van der Waals surface area (Å²) in [5, 5.41) is 1.48. The summed E-state index contributed by atoms with van der Waals surface area (Å²) in [6.07, 6.45) is 1.96. The molecule has 4 aromatic rings. The molecule has 2 heterocycles. The molecule has 0 saturated carbocycles. The second-order valence-electron chi connectivity index (χ2n) is 7.15. The van der Waals surface area contributed by atoms with Gasteiger partial charge in [-0.3, -0.25) is 0 Å². The maximum atomic E-state index is 7.92. The summed E-state index contributed by atoms with van der Waals surface area (Å²) in [6, 6.07) is 15.2. The number of benzene rings is 2. The van der Waals surface area contributed by atoms with Gasteiger partial charge in [0.2, 0.25) is 0 Å². The van der Waals surface area contributed by atoms with Crippen molar-refractivity contribution in [3.63, 3.8) is 0 Å². The Kier molecular flexibility index (Phi) is 2.82. The van der Waals surface area contributed by atoms with Crippen LogP contribution in [0.4, 0.5) is 0 Å². The summed E-state index contributed by atoms with van der Waals surface area (Å²) < 4.78 is 31.2. The van der Waals surface area contributed by atoms with Crippen LogP contribution in [0.15, 0.2) is 59.1 Å². The molecule has 3 heteroatoms. The molecule has 24 heavy (non-hydrogen) atoms. The van der Waals surface area contributed by atoms with Crippen LogP contribution in [-0.4, -0.2) is 18.3 Å². The van der Waals surface area contributed by atoms with Crippen LogP contribution in [0.2, 0.25) is 17.3 Å². The average molecular weight is 379 g/mol. The van der Waals surface area contributed by atoms with E-state index in [1.165, 1.54) is 4.40 Å². The van der Waals surface area contributed by atoms with E-state index in [1.807, 2.05) is 42.6 Å². The number of nitrogens with zero attached hydrogens (tertiary/aromatic N) is 1. The molecular weight excluding hydrogens is 355 g/mol. The van der Waals surface area contributed by atoms with Crippen molar-refractivity contribution < 1.29 is 8.53 Å². The molecule has 0 aliphatic carbocycles. The Morgan fingerprint density at radius 2 is 1.83 bits per heavy atom. The molecule has 0 unspecified atom stereocenters. The first kappa shape index (κ1) is 12.3. The van der Waals surface area contributed by atoms with Gasteiger partial charge in [0.1, 0.15) is 0 Å². The SMILES string of the molecule is [2H]C([2H])([2H])c1ccc(-c2cc[c]([Ge]([CH3])([CH3])[CH3])cn2)c2oc3ccccc3c12. The number of furan rings is 1. The van der Waals surface area contributed by atoms with Crippen LogP contribution in [0.3, 0.4) is 0 Å². The number of fused-ring (bicyclic) bond motifs is 3. The predicted octanol–water partition coefficient (Wildman–Crippen LogP) is 5.50. The number of rotatable bonds is 2. The van der Waals surface area contributed by atoms with Crippen molar-refractivity contribution in [3.8, 4) is 11.3 Å². The minimum absolute atomic E-state index is 0.313. The van der Waals surface area contributed by atoms with Gasteiger partial charge in [0.25, 0.3) is 0 Å². The molecule has 0 atom stereocenters. The van der Waals surface area contributed by atoms with Gasteiger partial charge in [-0.05, 0) is 0 Å². The van der Waals surface area contributed by atoms with Crippen molar-refractivity contribution in [2.45, 2.75) is 24.1 Å². The van der Waals surface area contributed by atoms with E-state index in [2.05, 4.69) is 28.3 Å². The molecule has 0 bridgehead atoms. The molecule has 2 nitrogen and oxygen atoms in total. The van der Waals surface area contributed by atoms with Crippen LogP contribution in [0.1, 0.15) is 9.68 Å². The zero-order valence-corrected chi connectivity index (χ0v) is 16.1. The van der Waals surface area contributed by atoms with Gasteiger partial charge in [0, 0.05) is 0 Å². The fourth-order valence-electron chi connectivity index (χ4n) is 3.03. The number of pyridine rings is 1. The van der Waals surface area contributed by atoms with Crippen LogP contribution in [0.5, 0.6) is 0 Å². The van der Waals surface area contributed by atoms with Crippen LogP contribution in [-0.2, 0) is 0 Å². The van der Waals surface area contributed by atoms with Gasteiger partial charge in [-0.25, -0.2) is 0 Å². The first-order valence-corrected chi connectivity index (χ1v) is 15.4. The fourth-order valence-corrected chi connectivity index (χ4v) is 5.20. The Bertz CT molecular complexity index is 1140. The van der Waals surface area contributed by atoms with E-state index >= 15 is 0 Å². The Morgan fingerprint density at radius 3 is 2.54 bits per heavy atom. The third-order valence-corrected chi connectivity index (χ3v) is 8.69. The molecule has 120 valence electrons. The van der Waals surface area contributed by atoms with E-state index in [0.717, 1.165) is 16.6 Å². The zero-order chi connectivity index (χ0) is 19.4. The summed E-state index contributed by atoms with van der Waals surface area (Å²) in [4.78, 5) is 4.67. The molecule has 0 amide bonds. The number of aryl methyl sites for hydroxylation is 1. The Labute approximate surface area is 149 Å². The number of aromatic nitrogens is 1. The Morgan fingerprint density at radius 1 is 1.00 bits per heavy atom. The quantitative estimate of drug-likeness (QED) is 0.430. The average Bonchev–Trinajstić information content (AvgIpc) is 2.99.